The average molecular weight is 365 g/mol. The van der Waals surface area contributed by atoms with Gasteiger partial charge < -0.3 is 15.0 Å². The lowest BCUT2D eigenvalue weighted by Crippen LogP contribution is -2.40. The van der Waals surface area contributed by atoms with Crippen LogP contribution in [-0.2, 0) is 9.59 Å². The number of hydrogen-bond acceptors (Lipinski definition) is 3. The normalized spacial score (nSPS) is 13.2. The Morgan fingerprint density at radius 2 is 2.00 bits per heavy atom. The molecule has 0 atom stereocenters. The second-order valence-electron chi connectivity index (χ2n) is 5.22. The molecule has 2 aromatic carbocycles. The van der Waals surface area contributed by atoms with Gasteiger partial charge in [-0.3, -0.25) is 9.59 Å². The third-order valence-corrected chi connectivity index (χ3v) is 4.14. The Bertz CT molecular complexity index is 795. The highest BCUT2D eigenvalue weighted by atomic mass is 35.5. The fraction of sp³-hybridized carbons (Fsp3) is 0.176. The Kier molecular flexibility index (Phi) is 4.92. The Morgan fingerprint density at radius 3 is 2.83 bits per heavy atom. The van der Waals surface area contributed by atoms with Crippen molar-refractivity contribution in [2.24, 2.45) is 0 Å². The van der Waals surface area contributed by atoms with Crippen LogP contribution in [0.2, 0.25) is 10.0 Å². The van der Waals surface area contributed by atoms with Crippen LogP contribution in [0.1, 0.15) is 6.42 Å². The van der Waals surface area contributed by atoms with E-state index in [-0.39, 0.29) is 31.4 Å². The first-order valence-electron chi connectivity index (χ1n) is 7.31. The maximum atomic E-state index is 12.2. The number of nitrogens with one attached hydrogen (secondary N) is 1. The second kappa shape index (κ2) is 7.11. The number of ether oxygens (including phenoxy) is 1. The van der Waals surface area contributed by atoms with E-state index >= 15 is 0 Å². The molecule has 1 heterocycles. The zero-order valence-electron chi connectivity index (χ0n) is 12.6. The zero-order valence-corrected chi connectivity index (χ0v) is 14.1. The minimum Gasteiger partial charge on any atom is -0.482 e. The van der Waals surface area contributed by atoms with Gasteiger partial charge >= 0.3 is 0 Å². The lowest BCUT2D eigenvalue weighted by Gasteiger charge is -2.29. The third-order valence-electron chi connectivity index (χ3n) is 3.57. The predicted octanol–water partition coefficient (Wildman–Crippen LogP) is 3.75. The number of fused-ring (bicyclic) bond motifs is 1. The number of halogens is 2. The SMILES string of the molecule is O=C(CCN1C(=O)COc2ccccc21)Nc1cc(Cl)ccc1Cl. The molecular weight excluding hydrogens is 351 g/mol. The molecule has 0 unspecified atom stereocenters. The quantitative estimate of drug-likeness (QED) is 0.898. The number of hydrogen-bond donors (Lipinski definition) is 1. The molecule has 0 saturated carbocycles. The molecule has 0 bridgehead atoms. The van der Waals surface area contributed by atoms with Gasteiger partial charge in [-0.1, -0.05) is 35.3 Å². The van der Waals surface area contributed by atoms with Crippen LogP contribution in [-0.4, -0.2) is 25.0 Å². The molecule has 0 aromatic heterocycles. The van der Waals surface area contributed by atoms with Gasteiger partial charge in [-0.05, 0) is 30.3 Å². The van der Waals surface area contributed by atoms with E-state index in [2.05, 4.69) is 5.32 Å². The van der Waals surface area contributed by atoms with Crippen molar-refractivity contribution in [3.05, 3.63) is 52.5 Å². The van der Waals surface area contributed by atoms with Gasteiger partial charge in [-0.25, -0.2) is 0 Å². The van der Waals surface area contributed by atoms with Crippen LogP contribution in [0.25, 0.3) is 0 Å². The van der Waals surface area contributed by atoms with Crippen LogP contribution < -0.4 is 15.0 Å². The van der Waals surface area contributed by atoms with Crippen LogP contribution in [0.15, 0.2) is 42.5 Å². The van der Waals surface area contributed by atoms with Crippen molar-refractivity contribution in [1.82, 2.24) is 0 Å². The van der Waals surface area contributed by atoms with Crippen LogP contribution >= 0.6 is 23.2 Å². The average Bonchev–Trinajstić information content (AvgIpc) is 2.57. The van der Waals surface area contributed by atoms with Crippen molar-refractivity contribution < 1.29 is 14.3 Å². The predicted molar refractivity (Wildman–Crippen MR) is 94.0 cm³/mol. The molecule has 0 spiro atoms. The van der Waals surface area contributed by atoms with E-state index in [9.17, 15) is 9.59 Å². The Balaban J connectivity index is 1.66. The summed E-state index contributed by atoms with van der Waals surface area (Å²) in [6, 6.07) is 12.1. The van der Waals surface area contributed by atoms with Crippen LogP contribution in [0.4, 0.5) is 11.4 Å². The fourth-order valence-corrected chi connectivity index (χ4v) is 2.76. The number of amides is 2. The fourth-order valence-electron chi connectivity index (χ4n) is 2.42. The van der Waals surface area contributed by atoms with Gasteiger partial charge in [0.15, 0.2) is 6.61 Å². The van der Waals surface area contributed by atoms with E-state index in [4.69, 9.17) is 27.9 Å². The zero-order chi connectivity index (χ0) is 17.1. The van der Waals surface area contributed by atoms with Crippen LogP contribution in [0.3, 0.4) is 0 Å². The van der Waals surface area contributed by atoms with Gasteiger partial charge in [0.2, 0.25) is 5.91 Å². The van der Waals surface area contributed by atoms with Crippen LogP contribution in [0, 0.1) is 0 Å². The smallest absolute Gasteiger partial charge is 0.265 e. The summed E-state index contributed by atoms with van der Waals surface area (Å²) in [7, 11) is 0. The highest BCUT2D eigenvalue weighted by Crippen LogP contribution is 2.31. The molecule has 1 N–H and O–H groups in total. The van der Waals surface area contributed by atoms with E-state index in [1.165, 1.54) is 0 Å². The summed E-state index contributed by atoms with van der Waals surface area (Å²) in [5.74, 6) is 0.202. The number of benzene rings is 2. The van der Waals surface area contributed by atoms with Crippen molar-refractivity contribution in [2.45, 2.75) is 6.42 Å². The highest BCUT2D eigenvalue weighted by Gasteiger charge is 2.25. The highest BCUT2D eigenvalue weighted by molar-refractivity contribution is 6.35. The molecule has 7 heteroatoms. The summed E-state index contributed by atoms with van der Waals surface area (Å²) in [5.41, 5.74) is 1.12. The number of carbonyl (C=O) groups is 2. The minimum atomic E-state index is -0.254. The molecule has 1 aliphatic heterocycles. The van der Waals surface area contributed by atoms with Gasteiger partial charge in [0.25, 0.3) is 5.91 Å². The molecule has 0 radical (unpaired) electrons. The molecular formula is C17H14Cl2N2O3. The molecule has 0 aliphatic carbocycles. The maximum Gasteiger partial charge on any atom is 0.265 e. The van der Waals surface area contributed by atoms with Gasteiger partial charge in [-0.2, -0.15) is 0 Å². The number of para-hydroxylation sites is 2. The van der Waals surface area contributed by atoms with Gasteiger partial charge in [-0.15, -0.1) is 0 Å². The summed E-state index contributed by atoms with van der Waals surface area (Å²) < 4.78 is 5.37. The standard InChI is InChI=1S/C17H14Cl2N2O3/c18-11-5-6-12(19)13(9-11)20-16(22)7-8-21-14-3-1-2-4-15(14)24-10-17(21)23/h1-6,9H,7-8,10H2,(H,20,22). The lowest BCUT2D eigenvalue weighted by molar-refractivity contribution is -0.121. The molecule has 124 valence electrons. The summed E-state index contributed by atoms with van der Waals surface area (Å²) in [6.45, 7) is 0.224. The number of nitrogens with zero attached hydrogens (tertiary/aromatic N) is 1. The third kappa shape index (κ3) is 3.63. The van der Waals surface area contributed by atoms with Gasteiger partial charge in [0.1, 0.15) is 5.75 Å². The van der Waals surface area contributed by atoms with Crippen LogP contribution in [0.5, 0.6) is 5.75 Å². The van der Waals surface area contributed by atoms with Crippen molar-refractivity contribution in [3.63, 3.8) is 0 Å². The van der Waals surface area contributed by atoms with Crippen molar-refractivity contribution >= 4 is 46.4 Å². The Morgan fingerprint density at radius 1 is 1.21 bits per heavy atom. The van der Waals surface area contributed by atoms with E-state index < -0.39 is 0 Å². The minimum absolute atomic E-state index is 0.0290. The summed E-state index contributed by atoms with van der Waals surface area (Å²) in [6.07, 6.45) is 0.128. The van der Waals surface area contributed by atoms with E-state index in [0.29, 0.717) is 27.2 Å². The first-order valence-corrected chi connectivity index (χ1v) is 8.07. The molecule has 3 rings (SSSR count). The molecule has 2 aromatic rings. The first kappa shape index (κ1) is 16.6. The van der Waals surface area contributed by atoms with Crippen molar-refractivity contribution in [1.29, 1.82) is 0 Å². The van der Waals surface area contributed by atoms with E-state index in [0.717, 1.165) is 0 Å². The molecule has 2 amide bonds. The molecule has 0 fully saturated rings. The summed E-state index contributed by atoms with van der Waals surface area (Å²) in [4.78, 5) is 25.8. The number of carbonyl (C=O) groups excluding carboxylic acids is 2. The topological polar surface area (TPSA) is 58.6 Å². The molecule has 5 nitrogen and oxygen atoms in total. The lowest BCUT2D eigenvalue weighted by atomic mass is 10.2. The second-order valence-corrected chi connectivity index (χ2v) is 6.07. The van der Waals surface area contributed by atoms with Gasteiger partial charge in [0, 0.05) is 18.0 Å². The Labute approximate surface area is 149 Å². The molecule has 0 saturated heterocycles. The number of rotatable bonds is 4. The van der Waals surface area contributed by atoms with Crippen molar-refractivity contribution in [3.8, 4) is 5.75 Å². The summed E-state index contributed by atoms with van der Waals surface area (Å²) >= 11 is 11.9. The summed E-state index contributed by atoms with van der Waals surface area (Å²) in [5, 5.41) is 3.59. The maximum absolute atomic E-state index is 12.2. The largest absolute Gasteiger partial charge is 0.482 e. The van der Waals surface area contributed by atoms with Crippen molar-refractivity contribution in [2.75, 3.05) is 23.4 Å². The van der Waals surface area contributed by atoms with Gasteiger partial charge in [0.05, 0.1) is 16.4 Å². The Hall–Kier alpha value is -2.24. The molecule has 24 heavy (non-hydrogen) atoms. The number of anilines is 2. The van der Waals surface area contributed by atoms with E-state index in [1.807, 2.05) is 12.1 Å². The monoisotopic (exact) mass is 364 g/mol. The van der Waals surface area contributed by atoms with E-state index in [1.54, 1.807) is 35.2 Å². The molecule has 1 aliphatic rings. The first-order chi connectivity index (χ1) is 11.5.